The highest BCUT2D eigenvalue weighted by Crippen LogP contribution is 2.33. The number of amides is 1. The zero-order valence-corrected chi connectivity index (χ0v) is 17.3. The predicted octanol–water partition coefficient (Wildman–Crippen LogP) is 4.57. The van der Waals surface area contributed by atoms with E-state index in [-0.39, 0.29) is 11.3 Å². The van der Waals surface area contributed by atoms with E-state index in [9.17, 15) is 4.79 Å². The fraction of sp³-hybridized carbons (Fsp3) is 0.348. The smallest absolute Gasteiger partial charge is 0.259 e. The lowest BCUT2D eigenvalue weighted by atomic mass is 9.96. The highest BCUT2D eigenvalue weighted by molar-refractivity contribution is 6.04. The molecule has 0 aliphatic carbocycles. The highest BCUT2D eigenvalue weighted by atomic mass is 16.3. The van der Waals surface area contributed by atoms with Gasteiger partial charge in [-0.3, -0.25) is 4.79 Å². The Kier molecular flexibility index (Phi) is 4.86. The van der Waals surface area contributed by atoms with Crippen LogP contribution in [0.25, 0.3) is 0 Å². The van der Waals surface area contributed by atoms with Crippen LogP contribution in [0.15, 0.2) is 53.4 Å². The molecule has 1 amide bonds. The number of benzene rings is 1. The third kappa shape index (κ3) is 3.88. The van der Waals surface area contributed by atoms with Crippen molar-refractivity contribution in [2.24, 2.45) is 0 Å². The quantitative estimate of drug-likeness (QED) is 0.706. The Morgan fingerprint density at radius 1 is 1.21 bits per heavy atom. The molecule has 1 unspecified atom stereocenters. The molecular formula is C23H26N4O2. The number of nitrogens with zero attached hydrogens (tertiary/aromatic N) is 3. The Balaban J connectivity index is 1.50. The van der Waals surface area contributed by atoms with Gasteiger partial charge in [0, 0.05) is 17.1 Å². The normalized spacial score (nSPS) is 16.0. The summed E-state index contributed by atoms with van der Waals surface area (Å²) in [5.74, 6) is 1.17. The van der Waals surface area contributed by atoms with E-state index in [4.69, 9.17) is 4.42 Å². The average Bonchev–Trinajstić information content (AvgIpc) is 3.26. The molecule has 3 aromatic rings. The van der Waals surface area contributed by atoms with Crippen LogP contribution in [-0.4, -0.2) is 21.9 Å². The summed E-state index contributed by atoms with van der Waals surface area (Å²) in [6.07, 6.45) is 5.85. The number of furan rings is 1. The molecule has 6 heteroatoms. The number of anilines is 2. The van der Waals surface area contributed by atoms with Gasteiger partial charge in [0.15, 0.2) is 0 Å². The maximum Gasteiger partial charge on any atom is 0.259 e. The molecule has 0 fully saturated rings. The minimum Gasteiger partial charge on any atom is -0.467 e. The molecule has 0 bridgehead atoms. The molecule has 0 radical (unpaired) electrons. The predicted molar refractivity (Wildman–Crippen MR) is 113 cm³/mol. The Morgan fingerprint density at radius 3 is 2.66 bits per heavy atom. The van der Waals surface area contributed by atoms with Gasteiger partial charge in [-0.25, -0.2) is 9.97 Å². The van der Waals surface area contributed by atoms with Crippen LogP contribution in [0.4, 0.5) is 11.4 Å². The van der Waals surface area contributed by atoms with Crippen molar-refractivity contribution in [1.29, 1.82) is 0 Å². The Labute approximate surface area is 171 Å². The second kappa shape index (κ2) is 7.35. The van der Waals surface area contributed by atoms with E-state index in [0.29, 0.717) is 29.6 Å². The summed E-state index contributed by atoms with van der Waals surface area (Å²) in [4.78, 5) is 23.9. The van der Waals surface area contributed by atoms with Crippen molar-refractivity contribution in [2.75, 3.05) is 10.2 Å². The molecule has 6 nitrogen and oxygen atoms in total. The maximum absolute atomic E-state index is 12.8. The first-order chi connectivity index (χ1) is 13.8. The van der Waals surface area contributed by atoms with Gasteiger partial charge in [-0.15, -0.1) is 0 Å². The Hall–Kier alpha value is -3.15. The summed E-state index contributed by atoms with van der Waals surface area (Å²) in [5.41, 5.74) is 3.49. The number of carbonyl (C=O) groups is 1. The van der Waals surface area contributed by atoms with Gasteiger partial charge in [-0.05, 0) is 31.0 Å². The van der Waals surface area contributed by atoms with E-state index in [1.54, 1.807) is 24.7 Å². The van der Waals surface area contributed by atoms with E-state index in [2.05, 4.69) is 66.1 Å². The van der Waals surface area contributed by atoms with Crippen LogP contribution < -0.4 is 10.2 Å². The number of para-hydroxylation sites is 1. The molecule has 1 aliphatic heterocycles. The Bertz CT molecular complexity index is 1020. The maximum atomic E-state index is 12.8. The molecule has 29 heavy (non-hydrogen) atoms. The Morgan fingerprint density at radius 2 is 1.93 bits per heavy atom. The number of nitrogens with one attached hydrogen (secondary N) is 1. The summed E-state index contributed by atoms with van der Waals surface area (Å²) in [7, 11) is 0. The fourth-order valence-corrected chi connectivity index (χ4v) is 3.67. The largest absolute Gasteiger partial charge is 0.467 e. The lowest BCUT2D eigenvalue weighted by Crippen LogP contribution is -2.29. The summed E-state index contributed by atoms with van der Waals surface area (Å²) in [6, 6.07) is 10.4. The first-order valence-electron chi connectivity index (χ1n) is 9.88. The molecule has 3 heterocycles. The molecular weight excluding hydrogens is 364 g/mol. The van der Waals surface area contributed by atoms with Crippen molar-refractivity contribution >= 4 is 17.3 Å². The van der Waals surface area contributed by atoms with E-state index in [0.717, 1.165) is 12.2 Å². The molecule has 1 aliphatic rings. The van der Waals surface area contributed by atoms with Gasteiger partial charge in [0.05, 0.1) is 36.5 Å². The van der Waals surface area contributed by atoms with Gasteiger partial charge in [0.1, 0.15) is 11.6 Å². The van der Waals surface area contributed by atoms with E-state index >= 15 is 0 Å². The van der Waals surface area contributed by atoms with Gasteiger partial charge in [0.25, 0.3) is 5.91 Å². The topological polar surface area (TPSA) is 71.3 Å². The van der Waals surface area contributed by atoms with Crippen LogP contribution in [0.5, 0.6) is 0 Å². The molecule has 2 aromatic heterocycles. The number of hydrogen-bond acceptors (Lipinski definition) is 5. The zero-order chi connectivity index (χ0) is 20.6. The minimum absolute atomic E-state index is 0.136. The van der Waals surface area contributed by atoms with Gasteiger partial charge in [-0.1, -0.05) is 39.0 Å². The zero-order valence-electron chi connectivity index (χ0n) is 17.3. The van der Waals surface area contributed by atoms with Gasteiger partial charge >= 0.3 is 0 Å². The summed E-state index contributed by atoms with van der Waals surface area (Å²) < 4.78 is 5.68. The van der Waals surface area contributed by atoms with Gasteiger partial charge < -0.3 is 14.6 Å². The fourth-order valence-electron chi connectivity index (χ4n) is 3.67. The molecule has 150 valence electrons. The van der Waals surface area contributed by atoms with Crippen LogP contribution in [0, 0.1) is 0 Å². The van der Waals surface area contributed by atoms with E-state index in [1.807, 2.05) is 6.07 Å². The van der Waals surface area contributed by atoms with E-state index < -0.39 is 0 Å². The van der Waals surface area contributed by atoms with Crippen molar-refractivity contribution < 1.29 is 9.21 Å². The number of fused-ring (bicyclic) bond motifs is 1. The van der Waals surface area contributed by atoms with Crippen molar-refractivity contribution in [1.82, 2.24) is 9.97 Å². The van der Waals surface area contributed by atoms with Gasteiger partial charge in [-0.2, -0.15) is 0 Å². The number of aromatic nitrogens is 2. The minimum atomic E-state index is -0.221. The van der Waals surface area contributed by atoms with Crippen molar-refractivity contribution in [3.8, 4) is 0 Å². The summed E-state index contributed by atoms with van der Waals surface area (Å²) in [6.45, 7) is 8.89. The lowest BCUT2D eigenvalue weighted by molar-refractivity contribution is 0.102. The summed E-state index contributed by atoms with van der Waals surface area (Å²) >= 11 is 0. The van der Waals surface area contributed by atoms with Crippen LogP contribution >= 0.6 is 0 Å². The summed E-state index contributed by atoms with van der Waals surface area (Å²) in [5, 5.41) is 2.88. The molecule has 0 saturated carbocycles. The van der Waals surface area contributed by atoms with Gasteiger partial charge in [0.2, 0.25) is 0 Å². The van der Waals surface area contributed by atoms with Crippen LogP contribution in [0.1, 0.15) is 55.2 Å². The number of carbonyl (C=O) groups excluding carboxylic acids is 1. The van der Waals surface area contributed by atoms with Crippen molar-refractivity contribution in [3.05, 3.63) is 71.7 Å². The number of rotatable bonds is 4. The first kappa shape index (κ1) is 19.2. The van der Waals surface area contributed by atoms with Crippen molar-refractivity contribution in [2.45, 2.75) is 52.1 Å². The molecule has 4 rings (SSSR count). The third-order valence-corrected chi connectivity index (χ3v) is 5.23. The molecule has 1 aromatic carbocycles. The average molecular weight is 390 g/mol. The second-order valence-corrected chi connectivity index (χ2v) is 8.57. The lowest BCUT2D eigenvalue weighted by Gasteiger charge is -2.24. The SMILES string of the molecule is CC1Cc2ccccc2N1Cc1occc1C(=O)Nc1cnc(C(C)(C)C)nc1. The van der Waals surface area contributed by atoms with Crippen LogP contribution in [0.3, 0.4) is 0 Å². The molecule has 0 spiro atoms. The highest BCUT2D eigenvalue weighted by Gasteiger charge is 2.28. The first-order valence-corrected chi connectivity index (χ1v) is 9.88. The third-order valence-electron chi connectivity index (χ3n) is 5.23. The molecule has 1 N–H and O–H groups in total. The standard InChI is InChI=1S/C23H26N4O2/c1-15-11-16-7-5-6-8-19(16)27(15)14-20-18(9-10-29-20)21(28)26-17-12-24-22(25-13-17)23(2,3)4/h5-10,12-13,15H,11,14H2,1-4H3,(H,26,28). The number of hydrogen-bond donors (Lipinski definition) is 1. The van der Waals surface area contributed by atoms with E-state index in [1.165, 1.54) is 11.3 Å². The van der Waals surface area contributed by atoms with Crippen LogP contribution in [0.2, 0.25) is 0 Å². The molecule has 1 atom stereocenters. The van der Waals surface area contributed by atoms with Crippen molar-refractivity contribution in [3.63, 3.8) is 0 Å². The second-order valence-electron chi connectivity index (χ2n) is 8.57. The monoisotopic (exact) mass is 390 g/mol. The molecule has 0 saturated heterocycles. The van der Waals surface area contributed by atoms with Crippen LogP contribution in [-0.2, 0) is 18.4 Å².